The van der Waals surface area contributed by atoms with E-state index in [1.54, 1.807) is 9.94 Å². The summed E-state index contributed by atoms with van der Waals surface area (Å²) in [5, 5.41) is 15.2. The topological polar surface area (TPSA) is 47.6 Å². The normalized spacial score (nSPS) is 3.67. The van der Waals surface area contributed by atoms with Gasteiger partial charge in [0.05, 0.1) is 0 Å². The second kappa shape index (κ2) is 8.95. The summed E-state index contributed by atoms with van der Waals surface area (Å²) in [4.78, 5) is 3.44. The Morgan fingerprint density at radius 1 is 1.17 bits per heavy atom. The quantitative estimate of drug-likeness (QED) is 0.572. The molecule has 0 heterocycles. The van der Waals surface area contributed by atoms with E-state index in [9.17, 15) is 0 Å². The maximum atomic E-state index is 7.62. The van der Waals surface area contributed by atoms with Crippen LogP contribution in [0, 0.1) is 20.5 Å². The third kappa shape index (κ3) is 8.89. The zero-order valence-corrected chi connectivity index (χ0v) is 6.60. The van der Waals surface area contributed by atoms with E-state index in [4.69, 9.17) is 10.5 Å². The Bertz CT molecular complexity index is 76.7. The molecule has 4 heteroatoms. The zero-order chi connectivity index (χ0) is 4.12. The summed E-state index contributed by atoms with van der Waals surface area (Å²) in [6.07, 6.45) is 0. The van der Waals surface area contributed by atoms with E-state index in [-0.39, 0.29) is 21.1 Å². The molecule has 0 N–H and O–H groups in total. The van der Waals surface area contributed by atoms with Crippen LogP contribution in [0.4, 0.5) is 0 Å². The molecule has 0 rings (SSSR count). The van der Waals surface area contributed by atoms with Gasteiger partial charge in [-0.1, -0.05) is 0 Å². The molecular formula is C2N2PtSe. The summed E-state index contributed by atoms with van der Waals surface area (Å²) in [7, 11) is 0. The van der Waals surface area contributed by atoms with Gasteiger partial charge in [-0.05, 0) is 0 Å². The first-order chi connectivity index (χ1) is 2.41. The van der Waals surface area contributed by atoms with Gasteiger partial charge in [-0.25, -0.2) is 0 Å². The van der Waals surface area contributed by atoms with Gasteiger partial charge in [-0.3, -0.25) is 0 Å². The number of hydrogen-bond acceptors (Lipinski definition) is 2. The Hall–Kier alpha value is 0.188. The average molecular weight is 326 g/mol. The summed E-state index contributed by atoms with van der Waals surface area (Å²) in [6.45, 7) is 0. The molecule has 0 spiro atoms. The summed E-state index contributed by atoms with van der Waals surface area (Å²) in [6, 6.07) is 0. The van der Waals surface area contributed by atoms with Crippen LogP contribution >= 0.6 is 0 Å². The largest absolute Gasteiger partial charge is 0 e. The number of nitriles is 2. The minimum absolute atomic E-state index is 0. The fourth-order valence-electron chi connectivity index (χ4n) is 0.0204. The maximum Gasteiger partial charge on any atom is 0 e. The second-order valence-corrected chi connectivity index (χ2v) is 1.48. The molecule has 0 aromatic carbocycles. The molecular weight excluding hydrogens is 326 g/mol. The molecule has 0 radical (unpaired) electrons. The fraction of sp³-hybridized carbons (Fsp3) is 0. The molecule has 6 heavy (non-hydrogen) atoms. The standard InChI is InChI=1S/C2N2Se.Pt/c3-1-5-2-4;. The molecule has 0 aromatic heterocycles. The Morgan fingerprint density at radius 2 is 1.50 bits per heavy atom. The van der Waals surface area contributed by atoms with Crippen molar-refractivity contribution in [2.75, 3.05) is 0 Å². The van der Waals surface area contributed by atoms with Crippen LogP contribution in [-0.2, 0) is 21.1 Å². The van der Waals surface area contributed by atoms with Gasteiger partial charge in [-0.2, -0.15) is 0 Å². The van der Waals surface area contributed by atoms with Gasteiger partial charge in [0.25, 0.3) is 0 Å². The van der Waals surface area contributed by atoms with E-state index < -0.39 is 15.0 Å². The summed E-state index contributed by atoms with van der Waals surface area (Å²) in [5.41, 5.74) is 0. The van der Waals surface area contributed by atoms with Gasteiger partial charge in [0.1, 0.15) is 0 Å². The molecule has 0 atom stereocenters. The Labute approximate surface area is 56.6 Å². The average Bonchev–Trinajstić information content (AvgIpc) is 1.41. The van der Waals surface area contributed by atoms with Gasteiger partial charge in [0, 0.05) is 21.1 Å². The third-order valence-electron chi connectivity index (χ3n) is 0.0913. The van der Waals surface area contributed by atoms with E-state index in [1.807, 2.05) is 0 Å². The number of nitrogens with zero attached hydrogens (tertiary/aromatic N) is 2. The Balaban J connectivity index is 0. The molecule has 0 amide bonds. The predicted octanol–water partition coefficient (Wildman–Crippen LogP) is -0.350. The van der Waals surface area contributed by atoms with Crippen molar-refractivity contribution >= 4 is 15.0 Å². The van der Waals surface area contributed by atoms with E-state index in [2.05, 4.69) is 0 Å². The van der Waals surface area contributed by atoms with Gasteiger partial charge in [-0.15, -0.1) is 0 Å². The van der Waals surface area contributed by atoms with Crippen LogP contribution in [0.15, 0.2) is 0 Å². The molecule has 0 aliphatic rings. The molecule has 0 bridgehead atoms. The van der Waals surface area contributed by atoms with Gasteiger partial charge in [0.2, 0.25) is 0 Å². The van der Waals surface area contributed by atoms with Crippen molar-refractivity contribution in [3.8, 4) is 9.94 Å². The zero-order valence-electron chi connectivity index (χ0n) is 2.62. The van der Waals surface area contributed by atoms with Crippen LogP contribution in [0.5, 0.6) is 0 Å². The van der Waals surface area contributed by atoms with Crippen molar-refractivity contribution in [2.45, 2.75) is 0 Å². The van der Waals surface area contributed by atoms with Crippen LogP contribution in [0.2, 0.25) is 0 Å². The van der Waals surface area contributed by atoms with Gasteiger partial charge < -0.3 is 0 Å². The first kappa shape index (κ1) is 9.50. The minimum Gasteiger partial charge on any atom is 0 e. The van der Waals surface area contributed by atoms with E-state index >= 15 is 0 Å². The van der Waals surface area contributed by atoms with Crippen molar-refractivity contribution in [1.29, 1.82) is 10.5 Å². The van der Waals surface area contributed by atoms with Crippen LogP contribution < -0.4 is 0 Å². The smallest absolute Gasteiger partial charge is 0 e. The summed E-state index contributed by atoms with van der Waals surface area (Å²) < 4.78 is 0. The summed E-state index contributed by atoms with van der Waals surface area (Å²) >= 11 is -0.431. The summed E-state index contributed by atoms with van der Waals surface area (Å²) in [5.74, 6) is 0. The van der Waals surface area contributed by atoms with Crippen molar-refractivity contribution < 1.29 is 21.1 Å². The molecule has 0 aliphatic carbocycles. The monoisotopic (exact) mass is 327 g/mol. The second-order valence-electron chi connectivity index (χ2n) is 0.285. The predicted molar refractivity (Wildman–Crippen MR) is 17.0 cm³/mol. The van der Waals surface area contributed by atoms with Crippen LogP contribution in [0.1, 0.15) is 0 Å². The van der Waals surface area contributed by atoms with Gasteiger partial charge >= 0.3 is 35.4 Å². The number of rotatable bonds is 0. The molecule has 0 aromatic rings. The van der Waals surface area contributed by atoms with Crippen molar-refractivity contribution in [2.24, 2.45) is 0 Å². The van der Waals surface area contributed by atoms with Gasteiger partial charge in [0.15, 0.2) is 0 Å². The van der Waals surface area contributed by atoms with Crippen LogP contribution in [-0.4, -0.2) is 15.0 Å². The first-order valence-electron chi connectivity index (χ1n) is 0.855. The number of hydrogen-bond donors (Lipinski definition) is 0. The Kier molecular flexibility index (Phi) is 14.2. The van der Waals surface area contributed by atoms with E-state index in [0.29, 0.717) is 0 Å². The molecule has 0 aliphatic heterocycles. The van der Waals surface area contributed by atoms with Crippen molar-refractivity contribution in [1.82, 2.24) is 0 Å². The Morgan fingerprint density at radius 3 is 1.50 bits per heavy atom. The molecule has 0 saturated carbocycles. The molecule has 34 valence electrons. The fourth-order valence-corrected chi connectivity index (χ4v) is 0.106. The molecule has 0 saturated heterocycles. The van der Waals surface area contributed by atoms with Crippen LogP contribution in [0.3, 0.4) is 0 Å². The molecule has 0 unspecified atom stereocenters. The van der Waals surface area contributed by atoms with E-state index in [0.717, 1.165) is 0 Å². The maximum absolute atomic E-state index is 7.62. The molecule has 2 nitrogen and oxygen atoms in total. The molecule has 0 fully saturated rings. The van der Waals surface area contributed by atoms with Crippen molar-refractivity contribution in [3.63, 3.8) is 0 Å². The van der Waals surface area contributed by atoms with Crippen molar-refractivity contribution in [3.05, 3.63) is 0 Å². The SMILES string of the molecule is N#C[Se]C#N.[Pt]. The van der Waals surface area contributed by atoms with Crippen LogP contribution in [0.25, 0.3) is 0 Å². The third-order valence-corrected chi connectivity index (χ3v) is 0.474. The van der Waals surface area contributed by atoms with E-state index in [1.165, 1.54) is 0 Å². The first-order valence-corrected chi connectivity index (χ1v) is 2.57. The minimum atomic E-state index is -0.431.